The lowest BCUT2D eigenvalue weighted by atomic mass is 9.88. The molecule has 3 unspecified atom stereocenters. The first-order valence-corrected chi connectivity index (χ1v) is 14.0. The fraction of sp³-hybridized carbons (Fsp3) is 0.182. The smallest absolute Gasteiger partial charge is 0.430 e. The summed E-state index contributed by atoms with van der Waals surface area (Å²) in [5.74, 6) is -4.20. The average molecular weight is 629 g/mol. The van der Waals surface area contributed by atoms with Gasteiger partial charge in [-0.05, 0) is 46.8 Å². The van der Waals surface area contributed by atoms with Gasteiger partial charge in [0.1, 0.15) is 5.82 Å². The molecule has 2 aliphatic rings. The number of nitrogens with two attached hydrogens (primary N) is 1. The number of rotatable bonds is 8. The number of amides is 2. The number of carboxylic acids is 1. The van der Waals surface area contributed by atoms with Crippen molar-refractivity contribution in [3.8, 4) is 5.75 Å². The summed E-state index contributed by atoms with van der Waals surface area (Å²) in [6.07, 6.45) is 0. The number of carbonyl (C=O) groups excluding carboxylic acids is 2. The van der Waals surface area contributed by atoms with Gasteiger partial charge in [0.2, 0.25) is 11.5 Å². The summed E-state index contributed by atoms with van der Waals surface area (Å²) in [6, 6.07) is 6.65. The van der Waals surface area contributed by atoms with Crippen molar-refractivity contribution in [3.05, 3.63) is 53.7 Å². The number of oxime groups is 1. The van der Waals surface area contributed by atoms with E-state index in [4.69, 9.17) is 22.8 Å². The quantitative estimate of drug-likeness (QED) is 0.0985. The van der Waals surface area contributed by atoms with Gasteiger partial charge in [-0.2, -0.15) is 14.5 Å². The molecular weight excluding hydrogens is 614 g/mol. The highest BCUT2D eigenvalue weighted by Gasteiger charge is 2.70. The van der Waals surface area contributed by atoms with E-state index < -0.39 is 46.8 Å². The third kappa shape index (κ3) is 4.54. The number of nitrogens with one attached hydrogen (secondary N) is 1. The molecule has 0 fully saturated rings. The minimum Gasteiger partial charge on any atom is -0.476 e. The predicted octanol–water partition coefficient (Wildman–Crippen LogP) is -0.335. The van der Waals surface area contributed by atoms with Crippen LogP contribution in [0.15, 0.2) is 41.6 Å². The van der Waals surface area contributed by atoms with Crippen molar-refractivity contribution >= 4 is 80.2 Å². The largest absolute Gasteiger partial charge is 0.476 e. The number of nitrogen functional groups attached to an aromatic ring is 1. The Hall–Kier alpha value is -4.82. The first-order valence-electron chi connectivity index (χ1n) is 11.7. The number of nitrogens with zero attached hydrogens (tertiary/aromatic N) is 9. The number of hydrogen-bond donors (Lipinski definition) is 3. The van der Waals surface area contributed by atoms with E-state index in [-0.39, 0.29) is 27.5 Å². The molecule has 4 aromatic rings. The van der Waals surface area contributed by atoms with Crippen LogP contribution in [-0.4, -0.2) is 95.5 Å². The Bertz CT molecular complexity index is 1840. The maximum absolute atomic E-state index is 13.6. The maximum Gasteiger partial charge on any atom is 0.430 e. The molecule has 0 saturated heterocycles. The number of aromatic nitrogens is 7. The van der Waals surface area contributed by atoms with Crippen LogP contribution < -0.4 is 15.9 Å². The van der Waals surface area contributed by atoms with Gasteiger partial charge in [-0.1, -0.05) is 29.1 Å². The molecule has 0 radical (unpaired) electrons. The number of halogens is 1. The zero-order valence-corrected chi connectivity index (χ0v) is 23.1. The molecular formula is C22H15FN11O5S3+. The summed E-state index contributed by atoms with van der Waals surface area (Å²) in [7, 11) is 0. The molecule has 0 saturated carbocycles. The fourth-order valence-corrected chi connectivity index (χ4v) is 6.59. The van der Waals surface area contributed by atoms with Gasteiger partial charge in [-0.3, -0.25) is 4.79 Å². The third-order valence-corrected chi connectivity index (χ3v) is 8.52. The van der Waals surface area contributed by atoms with Crippen LogP contribution >= 0.6 is 35.5 Å². The molecule has 3 atom stereocenters. The number of anilines is 1. The highest BCUT2D eigenvalue weighted by atomic mass is 32.2. The summed E-state index contributed by atoms with van der Waals surface area (Å²) < 4.78 is 19.5. The van der Waals surface area contributed by atoms with Gasteiger partial charge in [0.25, 0.3) is 22.5 Å². The lowest BCUT2D eigenvalue weighted by Crippen LogP contribution is -2.77. The zero-order chi connectivity index (χ0) is 29.6. The summed E-state index contributed by atoms with van der Waals surface area (Å²) >= 11 is 7.10. The van der Waals surface area contributed by atoms with Gasteiger partial charge >= 0.3 is 11.9 Å². The van der Waals surface area contributed by atoms with E-state index in [0.29, 0.717) is 11.3 Å². The van der Waals surface area contributed by atoms with Gasteiger partial charge in [0.05, 0.1) is 11.6 Å². The summed E-state index contributed by atoms with van der Waals surface area (Å²) in [4.78, 5) is 48.8. The van der Waals surface area contributed by atoms with E-state index in [9.17, 15) is 23.9 Å². The number of aliphatic carboxylic acids is 1. The SMILES string of the molecule is Nc1nc(C(=NOc2ccc(F)cc2)C(=O)NC2(C=S)C(=O)[N+]3=C2SCC(c2ccc4nnnn4n2)C3C(=O)O)ns1. The van der Waals surface area contributed by atoms with Gasteiger partial charge in [0, 0.05) is 22.7 Å². The first kappa shape index (κ1) is 27.4. The van der Waals surface area contributed by atoms with Crippen molar-refractivity contribution in [3.63, 3.8) is 0 Å². The second-order valence-corrected chi connectivity index (χ2v) is 10.8. The lowest BCUT2D eigenvalue weighted by Gasteiger charge is -2.39. The Kier molecular flexibility index (Phi) is 6.86. The number of thioether (sulfide) groups is 1. The Labute approximate surface area is 246 Å². The molecule has 1 aromatic carbocycles. The second kappa shape index (κ2) is 10.5. The molecule has 0 aliphatic carbocycles. The van der Waals surface area contributed by atoms with Crippen LogP contribution in [0, 0.1) is 5.82 Å². The maximum atomic E-state index is 13.6. The van der Waals surface area contributed by atoms with Crippen LogP contribution in [0.25, 0.3) is 5.65 Å². The molecule has 3 aromatic heterocycles. The van der Waals surface area contributed by atoms with E-state index in [0.717, 1.165) is 50.0 Å². The molecule has 2 amide bonds. The van der Waals surface area contributed by atoms with Gasteiger partial charge < -0.3 is 21.0 Å². The van der Waals surface area contributed by atoms with Crippen molar-refractivity contribution in [1.82, 2.24) is 39.9 Å². The van der Waals surface area contributed by atoms with Crippen LogP contribution in [0.5, 0.6) is 5.75 Å². The standard InChI is InChI=1S/C22H14FN11O5S3/c23-9-1-3-10(4-2-9)39-29-14(16-25-21(24)42-30-16)17(35)26-22(8-40)19(38)33-15(18(36)37)11(7-41-20(22)33)12-5-6-13-27-31-32-34(13)28-12/h1-6,8,11,15H,7H2,(H3-,24,25,26,30,35,36,37)/p+1. The lowest BCUT2D eigenvalue weighted by molar-refractivity contribution is -0.501. The molecule has 6 rings (SSSR count). The predicted molar refractivity (Wildman–Crippen MR) is 148 cm³/mol. The molecule has 20 heteroatoms. The molecule has 4 N–H and O–H groups in total. The summed E-state index contributed by atoms with van der Waals surface area (Å²) in [6.45, 7) is 0. The highest BCUT2D eigenvalue weighted by Crippen LogP contribution is 2.40. The molecule has 16 nitrogen and oxygen atoms in total. The Morgan fingerprint density at radius 3 is 2.79 bits per heavy atom. The number of tetrazole rings is 1. The molecule has 0 spiro atoms. The van der Waals surface area contributed by atoms with Gasteiger partial charge in [-0.15, -0.1) is 14.3 Å². The highest BCUT2D eigenvalue weighted by molar-refractivity contribution is 8.14. The molecule has 42 heavy (non-hydrogen) atoms. The van der Waals surface area contributed by atoms with Crippen molar-refractivity contribution < 1.29 is 33.3 Å². The Morgan fingerprint density at radius 2 is 2.10 bits per heavy atom. The van der Waals surface area contributed by atoms with Crippen LogP contribution in [0.3, 0.4) is 0 Å². The number of benzene rings is 1. The average Bonchev–Trinajstić information content (AvgIpc) is 3.64. The minimum atomic E-state index is -1.85. The molecule has 5 heterocycles. The first-order chi connectivity index (χ1) is 20.2. The topological polar surface area (TPSA) is 216 Å². The number of thiocarbonyl (C=S) groups is 1. The number of carbonyl (C=O) groups is 3. The van der Waals surface area contributed by atoms with Crippen LogP contribution in [0.4, 0.5) is 9.52 Å². The van der Waals surface area contributed by atoms with E-state index in [1.165, 1.54) is 12.1 Å². The van der Waals surface area contributed by atoms with Crippen molar-refractivity contribution in [2.45, 2.75) is 17.5 Å². The van der Waals surface area contributed by atoms with E-state index in [1.807, 2.05) is 0 Å². The van der Waals surface area contributed by atoms with Crippen LogP contribution in [0.2, 0.25) is 0 Å². The minimum absolute atomic E-state index is 0.0312. The van der Waals surface area contributed by atoms with Crippen LogP contribution in [-0.2, 0) is 14.4 Å². The van der Waals surface area contributed by atoms with E-state index in [2.05, 4.69) is 40.5 Å². The third-order valence-electron chi connectivity index (χ3n) is 6.31. The number of carboxylic acid groups (broad SMARTS) is 1. The van der Waals surface area contributed by atoms with Gasteiger partial charge in [-0.25, -0.2) is 14.0 Å². The second-order valence-electron chi connectivity index (χ2n) is 8.79. The Morgan fingerprint density at radius 1 is 1.31 bits per heavy atom. The normalized spacial score (nSPS) is 21.9. The molecule has 2 aliphatic heterocycles. The van der Waals surface area contributed by atoms with Crippen molar-refractivity contribution in [2.75, 3.05) is 11.5 Å². The number of fused-ring (bicyclic) bond motifs is 1. The zero-order valence-electron chi connectivity index (χ0n) is 20.7. The van der Waals surface area contributed by atoms with Crippen molar-refractivity contribution in [1.29, 1.82) is 0 Å². The van der Waals surface area contributed by atoms with Crippen molar-refractivity contribution in [2.24, 2.45) is 5.16 Å². The molecule has 212 valence electrons. The van der Waals surface area contributed by atoms with Crippen LogP contribution in [0.1, 0.15) is 17.4 Å². The fourth-order valence-electron chi connectivity index (χ4n) is 4.36. The monoisotopic (exact) mass is 628 g/mol. The molecule has 0 bridgehead atoms. The Balaban J connectivity index is 1.32. The number of hydrogen-bond acceptors (Lipinski definition) is 15. The van der Waals surface area contributed by atoms with Gasteiger partial charge in [0.15, 0.2) is 16.5 Å². The van der Waals surface area contributed by atoms with E-state index in [1.54, 1.807) is 12.1 Å². The summed E-state index contributed by atoms with van der Waals surface area (Å²) in [5.41, 5.74) is 4.09. The van der Waals surface area contributed by atoms with E-state index >= 15 is 0 Å². The summed E-state index contributed by atoms with van der Waals surface area (Å²) in [5, 5.41) is 33.1.